The molecule has 1 unspecified atom stereocenters. The molecule has 0 saturated heterocycles. The number of rotatable bonds is 4. The molecular weight excluding hydrogens is 349 g/mol. The summed E-state index contributed by atoms with van der Waals surface area (Å²) in [6, 6.07) is 12.3. The quantitative estimate of drug-likeness (QED) is 0.897. The maximum atomic E-state index is 13.0. The highest BCUT2D eigenvalue weighted by atomic mass is 79.9. The van der Waals surface area contributed by atoms with E-state index < -0.39 is 0 Å². The van der Waals surface area contributed by atoms with Crippen molar-refractivity contribution in [3.8, 4) is 5.75 Å². The highest BCUT2D eigenvalue weighted by Gasteiger charge is 2.23. The van der Waals surface area contributed by atoms with E-state index in [4.69, 9.17) is 4.74 Å². The molecular formula is C17H15BrFNO2. The molecule has 1 amide bonds. The third-order valence-corrected chi connectivity index (χ3v) is 4.34. The number of benzene rings is 2. The van der Waals surface area contributed by atoms with Crippen LogP contribution < -0.4 is 10.1 Å². The molecule has 114 valence electrons. The van der Waals surface area contributed by atoms with Crippen molar-refractivity contribution in [2.24, 2.45) is 0 Å². The van der Waals surface area contributed by atoms with Crippen LogP contribution in [0.3, 0.4) is 0 Å². The summed E-state index contributed by atoms with van der Waals surface area (Å²) in [5, 5.41) is 2.98. The molecule has 0 bridgehead atoms. The lowest BCUT2D eigenvalue weighted by Crippen LogP contribution is -2.31. The van der Waals surface area contributed by atoms with E-state index in [9.17, 15) is 9.18 Å². The smallest absolute Gasteiger partial charge is 0.258 e. The van der Waals surface area contributed by atoms with E-state index in [2.05, 4.69) is 27.3 Å². The van der Waals surface area contributed by atoms with E-state index in [0.29, 0.717) is 10.2 Å². The standard InChI is InChI=1S/C17H15BrFNO2/c18-14-9-12(19)6-8-16(14)22-10-17(21)20-15-7-5-11-3-1-2-4-13(11)15/h1-4,6,8-9,15H,5,7,10H2,(H,20,21). The average Bonchev–Trinajstić information content (AvgIpc) is 2.90. The Morgan fingerprint density at radius 3 is 2.95 bits per heavy atom. The van der Waals surface area contributed by atoms with Crippen molar-refractivity contribution in [3.63, 3.8) is 0 Å². The number of carbonyl (C=O) groups is 1. The fourth-order valence-corrected chi connectivity index (χ4v) is 3.14. The van der Waals surface area contributed by atoms with E-state index in [-0.39, 0.29) is 24.4 Å². The topological polar surface area (TPSA) is 38.3 Å². The first-order valence-corrected chi connectivity index (χ1v) is 7.88. The summed E-state index contributed by atoms with van der Waals surface area (Å²) in [5.41, 5.74) is 2.47. The van der Waals surface area contributed by atoms with Crippen LogP contribution in [0.5, 0.6) is 5.75 Å². The summed E-state index contributed by atoms with van der Waals surface area (Å²) >= 11 is 3.21. The average molecular weight is 364 g/mol. The molecule has 0 saturated carbocycles. The summed E-state index contributed by atoms with van der Waals surface area (Å²) < 4.78 is 18.9. The van der Waals surface area contributed by atoms with Crippen LogP contribution in [0.15, 0.2) is 46.9 Å². The normalized spacial score (nSPS) is 16.2. The first-order chi connectivity index (χ1) is 10.6. The highest BCUT2D eigenvalue weighted by molar-refractivity contribution is 9.10. The van der Waals surface area contributed by atoms with Crippen LogP contribution in [0.1, 0.15) is 23.6 Å². The van der Waals surface area contributed by atoms with Crippen molar-refractivity contribution in [1.29, 1.82) is 0 Å². The first-order valence-electron chi connectivity index (χ1n) is 7.08. The predicted octanol–water partition coefficient (Wildman–Crippen LogP) is 3.77. The lowest BCUT2D eigenvalue weighted by Gasteiger charge is -2.15. The Hall–Kier alpha value is -1.88. The molecule has 0 heterocycles. The number of carbonyl (C=O) groups excluding carboxylic acids is 1. The maximum absolute atomic E-state index is 13.0. The van der Waals surface area contributed by atoms with Crippen molar-refractivity contribution in [3.05, 3.63) is 63.9 Å². The predicted molar refractivity (Wildman–Crippen MR) is 85.2 cm³/mol. The van der Waals surface area contributed by atoms with Gasteiger partial charge in [-0.25, -0.2) is 4.39 Å². The third-order valence-electron chi connectivity index (χ3n) is 3.72. The molecule has 0 aliphatic heterocycles. The Balaban J connectivity index is 1.57. The molecule has 0 radical (unpaired) electrons. The maximum Gasteiger partial charge on any atom is 0.258 e. The SMILES string of the molecule is O=C(COc1ccc(F)cc1Br)NC1CCc2ccccc21. The van der Waals surface area contributed by atoms with Gasteiger partial charge in [-0.1, -0.05) is 24.3 Å². The van der Waals surface area contributed by atoms with Crippen LogP contribution in [-0.2, 0) is 11.2 Å². The zero-order valence-corrected chi connectivity index (χ0v) is 13.4. The Morgan fingerprint density at radius 1 is 1.32 bits per heavy atom. The van der Waals surface area contributed by atoms with Crippen LogP contribution >= 0.6 is 15.9 Å². The van der Waals surface area contributed by atoms with Gasteiger partial charge in [-0.05, 0) is 58.1 Å². The number of aryl methyl sites for hydroxylation is 1. The number of amides is 1. The summed E-state index contributed by atoms with van der Waals surface area (Å²) in [6.45, 7) is -0.0943. The molecule has 22 heavy (non-hydrogen) atoms. The van der Waals surface area contributed by atoms with E-state index in [0.717, 1.165) is 12.8 Å². The molecule has 0 spiro atoms. The van der Waals surface area contributed by atoms with Gasteiger partial charge in [0.15, 0.2) is 6.61 Å². The molecule has 5 heteroatoms. The number of halogens is 2. The van der Waals surface area contributed by atoms with E-state index in [1.165, 1.54) is 29.3 Å². The molecule has 3 nitrogen and oxygen atoms in total. The minimum Gasteiger partial charge on any atom is -0.483 e. The number of nitrogens with one attached hydrogen (secondary N) is 1. The van der Waals surface area contributed by atoms with Crippen molar-refractivity contribution < 1.29 is 13.9 Å². The molecule has 2 aromatic rings. The van der Waals surface area contributed by atoms with Gasteiger partial charge >= 0.3 is 0 Å². The van der Waals surface area contributed by atoms with Gasteiger partial charge in [-0.3, -0.25) is 4.79 Å². The van der Waals surface area contributed by atoms with Crippen molar-refractivity contribution >= 4 is 21.8 Å². The fourth-order valence-electron chi connectivity index (χ4n) is 2.68. The first kappa shape index (κ1) is 15.0. The number of hydrogen-bond acceptors (Lipinski definition) is 2. The second-order valence-electron chi connectivity index (χ2n) is 5.22. The molecule has 2 aromatic carbocycles. The monoisotopic (exact) mass is 363 g/mol. The Bertz CT molecular complexity index is 705. The zero-order chi connectivity index (χ0) is 15.5. The van der Waals surface area contributed by atoms with Gasteiger partial charge in [0, 0.05) is 0 Å². The van der Waals surface area contributed by atoms with Crippen LogP contribution in [0, 0.1) is 5.82 Å². The Kier molecular flexibility index (Phi) is 4.43. The van der Waals surface area contributed by atoms with Gasteiger partial charge < -0.3 is 10.1 Å². The van der Waals surface area contributed by atoms with E-state index in [1.807, 2.05) is 18.2 Å². The molecule has 1 aliphatic carbocycles. The van der Waals surface area contributed by atoms with Crippen LogP contribution in [0.25, 0.3) is 0 Å². The Labute approximate surface area is 136 Å². The number of ether oxygens (including phenoxy) is 1. The third kappa shape index (κ3) is 3.30. The van der Waals surface area contributed by atoms with Crippen molar-refractivity contribution in [2.75, 3.05) is 6.61 Å². The van der Waals surface area contributed by atoms with Gasteiger partial charge in [0.2, 0.25) is 0 Å². The fraction of sp³-hybridized carbons (Fsp3) is 0.235. The molecule has 3 rings (SSSR count). The van der Waals surface area contributed by atoms with Gasteiger partial charge in [-0.2, -0.15) is 0 Å². The minimum atomic E-state index is -0.355. The molecule has 1 N–H and O–H groups in total. The van der Waals surface area contributed by atoms with Crippen LogP contribution in [0.2, 0.25) is 0 Å². The van der Waals surface area contributed by atoms with Gasteiger partial charge in [0.05, 0.1) is 10.5 Å². The summed E-state index contributed by atoms with van der Waals surface area (Å²) in [4.78, 5) is 12.0. The van der Waals surface area contributed by atoms with Crippen LogP contribution in [-0.4, -0.2) is 12.5 Å². The van der Waals surface area contributed by atoms with Gasteiger partial charge in [0.25, 0.3) is 5.91 Å². The summed E-state index contributed by atoms with van der Waals surface area (Å²) in [7, 11) is 0. The largest absolute Gasteiger partial charge is 0.483 e. The molecule has 0 aromatic heterocycles. The molecule has 0 fully saturated rings. The summed E-state index contributed by atoms with van der Waals surface area (Å²) in [6.07, 6.45) is 1.89. The molecule has 1 aliphatic rings. The highest BCUT2D eigenvalue weighted by Crippen LogP contribution is 2.30. The van der Waals surface area contributed by atoms with E-state index >= 15 is 0 Å². The van der Waals surface area contributed by atoms with E-state index in [1.54, 1.807) is 0 Å². The lowest BCUT2D eigenvalue weighted by molar-refractivity contribution is -0.123. The number of hydrogen-bond donors (Lipinski definition) is 1. The van der Waals surface area contributed by atoms with Crippen molar-refractivity contribution in [1.82, 2.24) is 5.32 Å². The second kappa shape index (κ2) is 6.48. The Morgan fingerprint density at radius 2 is 2.14 bits per heavy atom. The van der Waals surface area contributed by atoms with Crippen molar-refractivity contribution in [2.45, 2.75) is 18.9 Å². The van der Waals surface area contributed by atoms with Gasteiger partial charge in [0.1, 0.15) is 11.6 Å². The zero-order valence-electron chi connectivity index (χ0n) is 11.8. The second-order valence-corrected chi connectivity index (χ2v) is 6.08. The van der Waals surface area contributed by atoms with Gasteiger partial charge in [-0.15, -0.1) is 0 Å². The summed E-state index contributed by atoms with van der Waals surface area (Å²) in [5.74, 6) is -0.0902. The number of fused-ring (bicyclic) bond motifs is 1. The lowest BCUT2D eigenvalue weighted by atomic mass is 10.1. The minimum absolute atomic E-state index is 0.0453. The molecule has 1 atom stereocenters. The van der Waals surface area contributed by atoms with Crippen LogP contribution in [0.4, 0.5) is 4.39 Å².